The van der Waals surface area contributed by atoms with Crippen LogP contribution in [0, 0.1) is 0 Å². The van der Waals surface area contributed by atoms with Crippen LogP contribution in [0.15, 0.2) is 24.3 Å². The maximum absolute atomic E-state index is 13.0. The van der Waals surface area contributed by atoms with Crippen LogP contribution in [0.1, 0.15) is 43.2 Å². The molecule has 3 heteroatoms. The fraction of sp³-hybridized carbons (Fsp3) is 0.500. The second-order valence-corrected chi connectivity index (χ2v) is 4.74. The van der Waals surface area contributed by atoms with Crippen LogP contribution in [-0.2, 0) is 16.9 Å². The summed E-state index contributed by atoms with van der Waals surface area (Å²) >= 11 is 0. The van der Waals surface area contributed by atoms with Gasteiger partial charge in [-0.25, -0.2) is 4.39 Å². The molecule has 0 saturated heterocycles. The topological polar surface area (TPSA) is 37.3 Å². The van der Waals surface area contributed by atoms with Crippen molar-refractivity contribution < 1.29 is 14.3 Å². The number of carbonyl (C=O) groups is 1. The van der Waals surface area contributed by atoms with Gasteiger partial charge in [-0.05, 0) is 24.0 Å². The lowest BCUT2D eigenvalue weighted by Gasteiger charge is -2.34. The highest BCUT2D eigenvalue weighted by Gasteiger charge is 2.42. The Morgan fingerprint density at radius 1 is 1.24 bits per heavy atom. The Kier molecular flexibility index (Phi) is 3.46. The Morgan fingerprint density at radius 3 is 2.47 bits per heavy atom. The number of alkyl halides is 1. The van der Waals surface area contributed by atoms with E-state index in [1.807, 2.05) is 0 Å². The van der Waals surface area contributed by atoms with E-state index in [0.29, 0.717) is 24.0 Å². The van der Waals surface area contributed by atoms with Crippen LogP contribution in [-0.4, -0.2) is 11.1 Å². The molecule has 0 bridgehead atoms. The maximum atomic E-state index is 13.0. The lowest BCUT2D eigenvalue weighted by Crippen LogP contribution is -2.38. The summed E-state index contributed by atoms with van der Waals surface area (Å²) in [6.45, 7) is -0.592. The number of carboxylic acids is 1. The SMILES string of the molecule is O=C(O)C1(c2ccccc2CF)CCCCC1. The third-order valence-electron chi connectivity index (χ3n) is 3.79. The number of rotatable bonds is 3. The van der Waals surface area contributed by atoms with Crippen molar-refractivity contribution in [1.29, 1.82) is 0 Å². The fourth-order valence-corrected chi connectivity index (χ4v) is 2.86. The largest absolute Gasteiger partial charge is 0.481 e. The van der Waals surface area contributed by atoms with Crippen LogP contribution < -0.4 is 0 Å². The number of carboxylic acid groups (broad SMARTS) is 1. The van der Waals surface area contributed by atoms with Crippen molar-refractivity contribution in [3.63, 3.8) is 0 Å². The Balaban J connectivity index is 2.48. The van der Waals surface area contributed by atoms with E-state index in [9.17, 15) is 14.3 Å². The van der Waals surface area contributed by atoms with Crippen LogP contribution in [0.4, 0.5) is 4.39 Å². The van der Waals surface area contributed by atoms with Gasteiger partial charge in [0, 0.05) is 0 Å². The van der Waals surface area contributed by atoms with Crippen LogP contribution in [0.25, 0.3) is 0 Å². The minimum Gasteiger partial charge on any atom is -0.481 e. The Hall–Kier alpha value is -1.38. The van der Waals surface area contributed by atoms with Gasteiger partial charge in [0.15, 0.2) is 0 Å². The van der Waals surface area contributed by atoms with E-state index >= 15 is 0 Å². The van der Waals surface area contributed by atoms with Crippen LogP contribution in [0.2, 0.25) is 0 Å². The van der Waals surface area contributed by atoms with E-state index in [0.717, 1.165) is 19.3 Å². The van der Waals surface area contributed by atoms with Crippen molar-refractivity contribution in [2.45, 2.75) is 44.2 Å². The summed E-state index contributed by atoms with van der Waals surface area (Å²) in [5, 5.41) is 9.54. The second kappa shape index (κ2) is 4.86. The zero-order valence-corrected chi connectivity index (χ0v) is 9.79. The van der Waals surface area contributed by atoms with Gasteiger partial charge in [-0.15, -0.1) is 0 Å². The van der Waals surface area contributed by atoms with Crippen molar-refractivity contribution in [3.8, 4) is 0 Å². The summed E-state index contributed by atoms with van der Waals surface area (Å²) in [4.78, 5) is 11.6. The Morgan fingerprint density at radius 2 is 1.88 bits per heavy atom. The summed E-state index contributed by atoms with van der Waals surface area (Å²) in [5.41, 5.74) is 0.340. The molecule has 1 aliphatic rings. The predicted molar refractivity (Wildman–Crippen MR) is 63.7 cm³/mol. The molecule has 1 saturated carbocycles. The molecule has 1 aliphatic carbocycles. The molecule has 0 amide bonds. The highest BCUT2D eigenvalue weighted by Crippen LogP contribution is 2.41. The first kappa shape index (κ1) is 12.1. The smallest absolute Gasteiger partial charge is 0.314 e. The minimum atomic E-state index is -0.860. The zero-order chi connectivity index (χ0) is 12.3. The average molecular weight is 236 g/mol. The van der Waals surface area contributed by atoms with Gasteiger partial charge in [0.05, 0.1) is 5.41 Å². The summed E-state index contributed by atoms with van der Waals surface area (Å²) in [6, 6.07) is 7.02. The van der Waals surface area contributed by atoms with E-state index in [1.165, 1.54) is 0 Å². The van der Waals surface area contributed by atoms with Gasteiger partial charge < -0.3 is 5.11 Å². The molecule has 0 unspecified atom stereocenters. The van der Waals surface area contributed by atoms with E-state index in [1.54, 1.807) is 24.3 Å². The molecule has 0 atom stereocenters. The fourth-order valence-electron chi connectivity index (χ4n) is 2.86. The molecule has 0 radical (unpaired) electrons. The molecule has 0 heterocycles. The molecule has 0 spiro atoms. The number of hydrogen-bond donors (Lipinski definition) is 1. The molecule has 0 aromatic heterocycles. The van der Waals surface area contributed by atoms with Gasteiger partial charge in [-0.3, -0.25) is 4.79 Å². The molecule has 1 aromatic carbocycles. The monoisotopic (exact) mass is 236 g/mol. The Labute approximate surface area is 100 Å². The number of benzene rings is 1. The van der Waals surface area contributed by atoms with Crippen LogP contribution in [0.5, 0.6) is 0 Å². The highest BCUT2D eigenvalue weighted by molar-refractivity contribution is 5.82. The van der Waals surface area contributed by atoms with Gasteiger partial charge in [-0.2, -0.15) is 0 Å². The van der Waals surface area contributed by atoms with Crippen molar-refractivity contribution in [2.24, 2.45) is 0 Å². The summed E-state index contributed by atoms with van der Waals surface area (Å²) < 4.78 is 13.0. The maximum Gasteiger partial charge on any atom is 0.314 e. The molecule has 2 rings (SSSR count). The zero-order valence-electron chi connectivity index (χ0n) is 9.79. The molecule has 1 fully saturated rings. The number of halogens is 1. The van der Waals surface area contributed by atoms with Crippen molar-refractivity contribution in [2.75, 3.05) is 0 Å². The lowest BCUT2D eigenvalue weighted by molar-refractivity contribution is -0.145. The molecule has 1 N–H and O–H groups in total. The van der Waals surface area contributed by atoms with Gasteiger partial charge in [0.25, 0.3) is 0 Å². The minimum absolute atomic E-state index is 0.525. The van der Waals surface area contributed by atoms with E-state index in [2.05, 4.69) is 0 Å². The van der Waals surface area contributed by atoms with E-state index < -0.39 is 18.1 Å². The molecule has 2 nitrogen and oxygen atoms in total. The number of aliphatic carboxylic acids is 1. The summed E-state index contributed by atoms with van der Waals surface area (Å²) in [6.07, 6.45) is 4.14. The van der Waals surface area contributed by atoms with Crippen LogP contribution in [0.3, 0.4) is 0 Å². The average Bonchev–Trinajstić information content (AvgIpc) is 2.39. The third kappa shape index (κ3) is 2.06. The molecule has 1 aromatic rings. The molecule has 17 heavy (non-hydrogen) atoms. The first-order chi connectivity index (χ1) is 8.20. The Bertz CT molecular complexity index is 408. The van der Waals surface area contributed by atoms with Crippen molar-refractivity contribution in [1.82, 2.24) is 0 Å². The van der Waals surface area contributed by atoms with Crippen LogP contribution >= 0.6 is 0 Å². The molecular formula is C14H17FO2. The molecule has 92 valence electrons. The second-order valence-electron chi connectivity index (χ2n) is 4.74. The highest BCUT2D eigenvalue weighted by atomic mass is 19.1. The standard InChI is InChI=1S/C14H17FO2/c15-10-11-6-2-3-7-12(11)14(13(16)17)8-4-1-5-9-14/h2-3,6-7H,1,4-5,8-10H2,(H,16,17). The van der Waals surface area contributed by atoms with E-state index in [4.69, 9.17) is 0 Å². The van der Waals surface area contributed by atoms with Gasteiger partial charge >= 0.3 is 5.97 Å². The first-order valence-corrected chi connectivity index (χ1v) is 6.08. The summed E-state index contributed by atoms with van der Waals surface area (Å²) in [7, 11) is 0. The van der Waals surface area contributed by atoms with Gasteiger partial charge in [0.2, 0.25) is 0 Å². The molecular weight excluding hydrogens is 219 g/mol. The van der Waals surface area contributed by atoms with E-state index in [-0.39, 0.29) is 0 Å². The first-order valence-electron chi connectivity index (χ1n) is 6.08. The number of hydrogen-bond acceptors (Lipinski definition) is 1. The summed E-state index contributed by atoms with van der Waals surface area (Å²) in [5.74, 6) is -0.807. The normalized spacial score (nSPS) is 18.9. The quantitative estimate of drug-likeness (QED) is 0.872. The molecule has 0 aliphatic heterocycles. The van der Waals surface area contributed by atoms with Crippen molar-refractivity contribution >= 4 is 5.97 Å². The predicted octanol–water partition coefficient (Wildman–Crippen LogP) is 3.44. The van der Waals surface area contributed by atoms with Gasteiger partial charge in [0.1, 0.15) is 6.67 Å². The van der Waals surface area contributed by atoms with Gasteiger partial charge in [-0.1, -0.05) is 43.5 Å². The lowest BCUT2D eigenvalue weighted by atomic mass is 9.68. The van der Waals surface area contributed by atoms with Crippen molar-refractivity contribution in [3.05, 3.63) is 35.4 Å². The third-order valence-corrected chi connectivity index (χ3v) is 3.79.